The van der Waals surface area contributed by atoms with E-state index in [1.165, 1.54) is 27.4 Å². The lowest BCUT2D eigenvalue weighted by molar-refractivity contribution is 0.0594. The first-order valence-electron chi connectivity index (χ1n) is 6.44. The minimum absolute atomic E-state index is 0.0311. The molecule has 0 aliphatic carbocycles. The molecule has 1 N–H and O–H groups in total. The second-order valence-corrected chi connectivity index (χ2v) is 6.76. The molecule has 0 aromatic carbocycles. The third-order valence-electron chi connectivity index (χ3n) is 3.16. The maximum Gasteiger partial charge on any atom is 0.358 e. The van der Waals surface area contributed by atoms with Gasteiger partial charge in [-0.05, 0) is 0 Å². The number of methoxy groups -OCH3 is 1. The van der Waals surface area contributed by atoms with Crippen molar-refractivity contribution in [3.63, 3.8) is 0 Å². The molecule has 1 aromatic rings. The highest BCUT2D eigenvalue weighted by molar-refractivity contribution is 7.87. The fourth-order valence-corrected chi connectivity index (χ4v) is 2.93. The van der Waals surface area contributed by atoms with Gasteiger partial charge in [0.1, 0.15) is 0 Å². The predicted octanol–water partition coefficient (Wildman–Crippen LogP) is -1.27. The minimum Gasteiger partial charge on any atom is -0.464 e. The SMILES string of the molecule is COC(=O)c1cn(S(=O)(=O)N(C)C)c(N2CCNCC2)n1. The molecule has 0 amide bonds. The zero-order valence-electron chi connectivity index (χ0n) is 12.2. The van der Waals surface area contributed by atoms with Gasteiger partial charge in [-0.15, -0.1) is 0 Å². The average Bonchev–Trinajstić information content (AvgIpc) is 2.93. The van der Waals surface area contributed by atoms with E-state index in [4.69, 9.17) is 0 Å². The quantitative estimate of drug-likeness (QED) is 0.692. The van der Waals surface area contributed by atoms with Crippen molar-refractivity contribution in [3.8, 4) is 0 Å². The van der Waals surface area contributed by atoms with Crippen LogP contribution in [0, 0.1) is 0 Å². The summed E-state index contributed by atoms with van der Waals surface area (Å²) in [6.07, 6.45) is 1.19. The smallest absolute Gasteiger partial charge is 0.358 e. The topological polar surface area (TPSA) is 96.8 Å². The van der Waals surface area contributed by atoms with Gasteiger partial charge in [-0.1, -0.05) is 0 Å². The van der Waals surface area contributed by atoms with Crippen LogP contribution >= 0.6 is 0 Å². The fraction of sp³-hybridized carbons (Fsp3) is 0.636. The minimum atomic E-state index is -3.76. The number of esters is 1. The lowest BCUT2D eigenvalue weighted by atomic mass is 10.4. The van der Waals surface area contributed by atoms with Crippen LogP contribution in [0.25, 0.3) is 0 Å². The Morgan fingerprint density at radius 1 is 1.38 bits per heavy atom. The van der Waals surface area contributed by atoms with Gasteiger partial charge in [0.05, 0.1) is 13.3 Å². The third-order valence-corrected chi connectivity index (χ3v) is 4.85. The first-order chi connectivity index (χ1) is 9.87. The number of hydrogen-bond acceptors (Lipinski definition) is 7. The predicted molar refractivity (Wildman–Crippen MR) is 76.7 cm³/mol. The van der Waals surface area contributed by atoms with E-state index in [9.17, 15) is 13.2 Å². The second-order valence-electron chi connectivity index (χ2n) is 4.74. The van der Waals surface area contributed by atoms with E-state index in [1.807, 2.05) is 4.90 Å². The number of carbonyl (C=O) groups excluding carboxylic acids is 1. The molecule has 21 heavy (non-hydrogen) atoms. The van der Waals surface area contributed by atoms with Crippen molar-refractivity contribution in [1.82, 2.24) is 18.6 Å². The molecular weight excluding hydrogens is 298 g/mol. The summed E-state index contributed by atoms with van der Waals surface area (Å²) in [5.74, 6) is -0.440. The molecule has 1 aliphatic heterocycles. The number of carbonyl (C=O) groups is 1. The van der Waals surface area contributed by atoms with Crippen molar-refractivity contribution >= 4 is 22.1 Å². The van der Waals surface area contributed by atoms with Crippen LogP contribution in [0.15, 0.2) is 6.20 Å². The number of piperazine rings is 1. The van der Waals surface area contributed by atoms with Crippen LogP contribution < -0.4 is 10.2 Å². The molecule has 118 valence electrons. The third kappa shape index (κ3) is 3.01. The van der Waals surface area contributed by atoms with E-state index in [-0.39, 0.29) is 11.6 Å². The van der Waals surface area contributed by atoms with Crippen LogP contribution in [0.2, 0.25) is 0 Å². The molecular formula is C11H19N5O4S. The van der Waals surface area contributed by atoms with E-state index >= 15 is 0 Å². The van der Waals surface area contributed by atoms with Crippen molar-refractivity contribution < 1.29 is 17.9 Å². The number of nitrogens with zero attached hydrogens (tertiary/aromatic N) is 4. The number of anilines is 1. The van der Waals surface area contributed by atoms with E-state index in [2.05, 4.69) is 15.0 Å². The van der Waals surface area contributed by atoms with E-state index in [1.54, 1.807) is 0 Å². The molecule has 0 bridgehead atoms. The highest BCUT2D eigenvalue weighted by Gasteiger charge is 2.28. The van der Waals surface area contributed by atoms with Gasteiger partial charge in [-0.3, -0.25) is 0 Å². The standard InChI is InChI=1S/C11H19N5O4S/c1-14(2)21(18,19)16-8-9(10(17)20-3)13-11(16)15-6-4-12-5-7-15/h8,12H,4-7H2,1-3H3. The summed E-state index contributed by atoms with van der Waals surface area (Å²) >= 11 is 0. The highest BCUT2D eigenvalue weighted by atomic mass is 32.2. The first kappa shape index (κ1) is 15.7. The van der Waals surface area contributed by atoms with Gasteiger partial charge in [0.15, 0.2) is 5.69 Å². The summed E-state index contributed by atoms with van der Waals surface area (Å²) < 4.78 is 31.4. The monoisotopic (exact) mass is 317 g/mol. The molecule has 1 fully saturated rings. The average molecular weight is 317 g/mol. The fourth-order valence-electron chi connectivity index (χ4n) is 1.98. The van der Waals surface area contributed by atoms with Gasteiger partial charge in [-0.25, -0.2) is 9.78 Å². The largest absolute Gasteiger partial charge is 0.464 e. The number of hydrogen-bond donors (Lipinski definition) is 1. The molecule has 1 aromatic heterocycles. The van der Waals surface area contributed by atoms with E-state index < -0.39 is 16.2 Å². The molecule has 10 heteroatoms. The van der Waals surface area contributed by atoms with Gasteiger partial charge in [0.2, 0.25) is 5.95 Å². The summed E-state index contributed by atoms with van der Waals surface area (Å²) in [5, 5.41) is 3.18. The van der Waals surface area contributed by atoms with Crippen LogP contribution in [-0.4, -0.2) is 75.0 Å². The van der Waals surface area contributed by atoms with Crippen molar-refractivity contribution in [2.45, 2.75) is 0 Å². The number of rotatable bonds is 4. The zero-order valence-corrected chi connectivity index (χ0v) is 13.1. The first-order valence-corrected chi connectivity index (χ1v) is 7.84. The van der Waals surface area contributed by atoms with Crippen molar-refractivity contribution in [3.05, 3.63) is 11.9 Å². The van der Waals surface area contributed by atoms with Crippen LogP contribution in [-0.2, 0) is 14.9 Å². The van der Waals surface area contributed by atoms with Crippen molar-refractivity contribution in [2.24, 2.45) is 0 Å². The molecule has 0 unspecified atom stereocenters. The van der Waals surface area contributed by atoms with Crippen LogP contribution in [0.5, 0.6) is 0 Å². The maximum absolute atomic E-state index is 12.4. The normalized spacial score (nSPS) is 16.3. The Labute approximate surface area is 123 Å². The zero-order chi connectivity index (χ0) is 15.6. The Balaban J connectivity index is 2.50. The Hall–Kier alpha value is -1.65. The molecule has 2 rings (SSSR count). The van der Waals surface area contributed by atoms with Gasteiger partial charge >= 0.3 is 16.2 Å². The van der Waals surface area contributed by atoms with Gasteiger partial charge < -0.3 is 15.0 Å². The summed E-state index contributed by atoms with van der Waals surface area (Å²) in [5.41, 5.74) is -0.0311. The van der Waals surface area contributed by atoms with Crippen LogP contribution in [0.1, 0.15) is 10.5 Å². The highest BCUT2D eigenvalue weighted by Crippen LogP contribution is 2.19. The van der Waals surface area contributed by atoms with Gasteiger partial charge in [0, 0.05) is 40.3 Å². The summed E-state index contributed by atoms with van der Waals surface area (Å²) in [6.45, 7) is 2.67. The summed E-state index contributed by atoms with van der Waals surface area (Å²) in [6, 6.07) is 0. The molecule has 1 aliphatic rings. The van der Waals surface area contributed by atoms with E-state index in [0.29, 0.717) is 13.1 Å². The molecule has 0 radical (unpaired) electrons. The Kier molecular flexibility index (Phi) is 4.49. The molecule has 1 saturated heterocycles. The maximum atomic E-state index is 12.4. The lowest BCUT2D eigenvalue weighted by Gasteiger charge is -2.29. The Morgan fingerprint density at radius 3 is 2.52 bits per heavy atom. The van der Waals surface area contributed by atoms with Crippen molar-refractivity contribution in [2.75, 3.05) is 52.3 Å². The molecule has 0 saturated carbocycles. The Morgan fingerprint density at radius 2 is 2.00 bits per heavy atom. The number of imidazole rings is 1. The molecule has 2 heterocycles. The van der Waals surface area contributed by atoms with Crippen molar-refractivity contribution in [1.29, 1.82) is 0 Å². The number of nitrogens with one attached hydrogen (secondary N) is 1. The number of aromatic nitrogens is 2. The molecule has 9 nitrogen and oxygen atoms in total. The lowest BCUT2D eigenvalue weighted by Crippen LogP contribution is -2.45. The van der Waals surface area contributed by atoms with Gasteiger partial charge in [0.25, 0.3) is 0 Å². The molecule has 0 atom stereocenters. The van der Waals surface area contributed by atoms with E-state index in [0.717, 1.165) is 21.4 Å². The molecule has 0 spiro atoms. The summed E-state index contributed by atoms with van der Waals surface area (Å²) in [7, 11) is 0.319. The second kappa shape index (κ2) is 6.00. The Bertz CT molecular complexity index is 619. The number of ether oxygens (including phenoxy) is 1. The van der Waals surface area contributed by atoms with Crippen LogP contribution in [0.4, 0.5) is 5.95 Å². The van der Waals surface area contributed by atoms with Gasteiger partial charge in [-0.2, -0.15) is 16.7 Å². The summed E-state index contributed by atoms with van der Waals surface area (Å²) in [4.78, 5) is 17.6. The van der Waals surface area contributed by atoms with Crippen LogP contribution in [0.3, 0.4) is 0 Å².